The van der Waals surface area contributed by atoms with E-state index in [0.717, 1.165) is 49.8 Å². The number of methoxy groups -OCH3 is 1. The van der Waals surface area contributed by atoms with Crippen molar-refractivity contribution in [2.24, 2.45) is 5.92 Å². The van der Waals surface area contributed by atoms with Gasteiger partial charge < -0.3 is 19.5 Å². The summed E-state index contributed by atoms with van der Waals surface area (Å²) in [6.45, 7) is 3.70. The third-order valence-corrected chi connectivity index (χ3v) is 7.69. The lowest BCUT2D eigenvalue weighted by molar-refractivity contribution is 0.0605. The van der Waals surface area contributed by atoms with Gasteiger partial charge in [0, 0.05) is 38.1 Å². The summed E-state index contributed by atoms with van der Waals surface area (Å²) < 4.78 is 7.13. The Labute approximate surface area is 213 Å². The molecule has 2 fully saturated rings. The Hall–Kier alpha value is -3.09. The second-order valence-electron chi connectivity index (χ2n) is 10.2. The van der Waals surface area contributed by atoms with Gasteiger partial charge in [0.25, 0.3) is 11.8 Å². The third-order valence-electron chi connectivity index (χ3n) is 7.69. The minimum Gasteiger partial charge on any atom is -0.497 e. The Morgan fingerprint density at radius 1 is 1.03 bits per heavy atom. The number of piperidine rings is 1. The zero-order chi connectivity index (χ0) is 25.5. The lowest BCUT2D eigenvalue weighted by Gasteiger charge is -2.35. The first-order valence-electron chi connectivity index (χ1n) is 13.5. The topological polar surface area (TPSA) is 80.6 Å². The molecule has 2 heterocycles. The highest BCUT2D eigenvalue weighted by Gasteiger charge is 2.29. The van der Waals surface area contributed by atoms with Crippen molar-refractivity contribution in [1.82, 2.24) is 14.8 Å². The molecular formula is C29H39N3O4. The van der Waals surface area contributed by atoms with Crippen molar-refractivity contribution < 1.29 is 14.3 Å². The van der Waals surface area contributed by atoms with E-state index in [2.05, 4.69) is 12.2 Å². The van der Waals surface area contributed by atoms with Gasteiger partial charge in [0.05, 0.1) is 7.11 Å². The fraction of sp³-hybridized carbons (Fsp3) is 0.552. The Morgan fingerprint density at radius 2 is 1.78 bits per heavy atom. The molecule has 36 heavy (non-hydrogen) atoms. The van der Waals surface area contributed by atoms with Crippen LogP contribution in [0.25, 0.3) is 0 Å². The van der Waals surface area contributed by atoms with Crippen LogP contribution in [0.4, 0.5) is 0 Å². The molecule has 1 saturated heterocycles. The van der Waals surface area contributed by atoms with Gasteiger partial charge in [-0.25, -0.2) is 0 Å². The predicted molar refractivity (Wildman–Crippen MR) is 141 cm³/mol. The molecule has 1 aromatic heterocycles. The number of pyridine rings is 1. The summed E-state index contributed by atoms with van der Waals surface area (Å²) in [5.74, 6) is 0.512. The SMILES string of the molecule is CCC1CCCCN1C(=O)c1cn(Cc2cccc(OC)c2)cc(C(=O)NCC2CCCCC2)c1=O. The van der Waals surface area contributed by atoms with Crippen molar-refractivity contribution in [3.05, 3.63) is 63.6 Å². The molecule has 1 aliphatic carbocycles. The second-order valence-corrected chi connectivity index (χ2v) is 10.2. The van der Waals surface area contributed by atoms with Crippen LogP contribution in [0, 0.1) is 5.92 Å². The van der Waals surface area contributed by atoms with E-state index in [1.807, 2.05) is 29.2 Å². The first-order chi connectivity index (χ1) is 17.5. The molecular weight excluding hydrogens is 454 g/mol. The van der Waals surface area contributed by atoms with Gasteiger partial charge in [-0.3, -0.25) is 14.4 Å². The van der Waals surface area contributed by atoms with Crippen molar-refractivity contribution in [2.75, 3.05) is 20.2 Å². The first-order valence-corrected chi connectivity index (χ1v) is 13.5. The van der Waals surface area contributed by atoms with Crippen LogP contribution in [0.2, 0.25) is 0 Å². The fourth-order valence-electron chi connectivity index (χ4n) is 5.59. The molecule has 1 aliphatic heterocycles. The van der Waals surface area contributed by atoms with Crippen LogP contribution in [-0.4, -0.2) is 47.5 Å². The summed E-state index contributed by atoms with van der Waals surface area (Å²) >= 11 is 0. The maximum atomic E-state index is 13.6. The number of benzene rings is 1. The van der Waals surface area contributed by atoms with Crippen molar-refractivity contribution in [1.29, 1.82) is 0 Å². The Kier molecular flexibility index (Phi) is 8.83. The van der Waals surface area contributed by atoms with Crippen LogP contribution < -0.4 is 15.5 Å². The monoisotopic (exact) mass is 493 g/mol. The molecule has 4 rings (SSSR count). The molecule has 7 nitrogen and oxygen atoms in total. The number of carbonyl (C=O) groups is 2. The number of hydrogen-bond acceptors (Lipinski definition) is 4. The van der Waals surface area contributed by atoms with E-state index in [1.54, 1.807) is 24.1 Å². The summed E-state index contributed by atoms with van der Waals surface area (Å²) in [7, 11) is 1.62. The molecule has 2 aromatic rings. The van der Waals surface area contributed by atoms with Crippen LogP contribution in [0.5, 0.6) is 5.75 Å². The van der Waals surface area contributed by atoms with E-state index in [0.29, 0.717) is 25.6 Å². The van der Waals surface area contributed by atoms with Gasteiger partial charge in [-0.15, -0.1) is 0 Å². The Morgan fingerprint density at radius 3 is 2.53 bits per heavy atom. The molecule has 1 aromatic carbocycles. The maximum Gasteiger partial charge on any atom is 0.259 e. The van der Waals surface area contributed by atoms with Crippen LogP contribution >= 0.6 is 0 Å². The zero-order valence-electron chi connectivity index (χ0n) is 21.6. The summed E-state index contributed by atoms with van der Waals surface area (Å²) in [6, 6.07) is 7.78. The number of likely N-dealkylation sites (tertiary alicyclic amines) is 1. The van der Waals surface area contributed by atoms with E-state index in [-0.39, 0.29) is 23.1 Å². The normalized spacial score (nSPS) is 18.6. The molecule has 194 valence electrons. The van der Waals surface area contributed by atoms with E-state index < -0.39 is 11.3 Å². The molecule has 1 saturated carbocycles. The minimum absolute atomic E-state index is 0.0320. The molecule has 1 N–H and O–H groups in total. The molecule has 7 heteroatoms. The zero-order valence-corrected chi connectivity index (χ0v) is 21.6. The molecule has 0 radical (unpaired) electrons. The number of hydrogen-bond donors (Lipinski definition) is 1. The highest BCUT2D eigenvalue weighted by molar-refractivity contribution is 5.99. The largest absolute Gasteiger partial charge is 0.497 e. The van der Waals surface area contributed by atoms with E-state index >= 15 is 0 Å². The summed E-state index contributed by atoms with van der Waals surface area (Å²) in [6.07, 6.45) is 12.8. The third kappa shape index (κ3) is 6.18. The van der Waals surface area contributed by atoms with Gasteiger partial charge in [0.2, 0.25) is 5.43 Å². The molecule has 0 spiro atoms. The fourth-order valence-corrected chi connectivity index (χ4v) is 5.59. The van der Waals surface area contributed by atoms with Crippen LogP contribution in [0.1, 0.15) is 91.0 Å². The molecule has 2 aliphatic rings. The number of carbonyl (C=O) groups excluding carboxylic acids is 2. The average Bonchev–Trinajstić information content (AvgIpc) is 2.92. The molecule has 0 bridgehead atoms. The number of nitrogens with zero attached hydrogens (tertiary/aromatic N) is 2. The van der Waals surface area contributed by atoms with Crippen molar-refractivity contribution in [3.63, 3.8) is 0 Å². The van der Waals surface area contributed by atoms with Gasteiger partial charge in [-0.05, 0) is 62.1 Å². The number of rotatable bonds is 8. The van der Waals surface area contributed by atoms with Crippen LogP contribution in [0.3, 0.4) is 0 Å². The second kappa shape index (κ2) is 12.2. The van der Waals surface area contributed by atoms with Crippen molar-refractivity contribution in [3.8, 4) is 5.75 Å². The predicted octanol–water partition coefficient (Wildman–Crippen LogP) is 4.62. The maximum absolute atomic E-state index is 13.6. The van der Waals surface area contributed by atoms with E-state index in [9.17, 15) is 14.4 Å². The number of amides is 2. The summed E-state index contributed by atoms with van der Waals surface area (Å²) in [4.78, 5) is 42.2. The van der Waals surface area contributed by atoms with E-state index in [4.69, 9.17) is 4.74 Å². The lowest BCUT2D eigenvalue weighted by atomic mass is 9.89. The molecule has 2 amide bonds. The number of ether oxygens (including phenoxy) is 1. The van der Waals surface area contributed by atoms with Crippen LogP contribution in [-0.2, 0) is 6.54 Å². The number of aromatic nitrogens is 1. The van der Waals surface area contributed by atoms with Gasteiger partial charge in [-0.2, -0.15) is 0 Å². The molecule has 1 atom stereocenters. The highest BCUT2D eigenvalue weighted by atomic mass is 16.5. The lowest BCUT2D eigenvalue weighted by Crippen LogP contribution is -2.45. The Bertz CT molecular complexity index is 1120. The van der Waals surface area contributed by atoms with Crippen LogP contribution in [0.15, 0.2) is 41.5 Å². The standard InChI is InChI=1S/C29H39N3O4/c1-3-23-13-7-8-15-32(23)29(35)26-20-31(18-22-12-9-14-24(16-22)36-2)19-25(27(26)33)28(34)30-17-21-10-5-4-6-11-21/h9,12,14,16,19-21,23H,3-8,10-11,13,15,17-18H2,1-2H3,(H,30,34). The van der Waals surface area contributed by atoms with E-state index in [1.165, 1.54) is 19.3 Å². The Balaban J connectivity index is 1.65. The first kappa shape index (κ1) is 26.0. The quantitative estimate of drug-likeness (QED) is 0.582. The summed E-state index contributed by atoms with van der Waals surface area (Å²) in [5.41, 5.74) is 0.575. The van der Waals surface area contributed by atoms with Gasteiger partial charge >= 0.3 is 0 Å². The average molecular weight is 494 g/mol. The minimum atomic E-state index is -0.483. The van der Waals surface area contributed by atoms with Gasteiger partial charge in [0.15, 0.2) is 0 Å². The smallest absolute Gasteiger partial charge is 0.259 e. The molecule has 1 unspecified atom stereocenters. The summed E-state index contributed by atoms with van der Waals surface area (Å²) in [5, 5.41) is 2.99. The highest BCUT2D eigenvalue weighted by Crippen LogP contribution is 2.23. The number of nitrogens with one attached hydrogen (secondary N) is 1. The van der Waals surface area contributed by atoms with Crippen molar-refractivity contribution >= 4 is 11.8 Å². The van der Waals surface area contributed by atoms with Crippen molar-refractivity contribution in [2.45, 2.75) is 77.3 Å². The van der Waals surface area contributed by atoms with Gasteiger partial charge in [0.1, 0.15) is 16.9 Å². The van der Waals surface area contributed by atoms with Gasteiger partial charge in [-0.1, -0.05) is 38.3 Å².